The summed E-state index contributed by atoms with van der Waals surface area (Å²) >= 11 is 0. The zero-order chi connectivity index (χ0) is 14.9. The molecular formula is C13H19N3O3S. The van der Waals surface area contributed by atoms with Gasteiger partial charge in [-0.15, -0.1) is 0 Å². The number of hydrogen-bond acceptors (Lipinski definition) is 3. The number of anilines is 2. The van der Waals surface area contributed by atoms with Gasteiger partial charge in [0.1, 0.15) is 0 Å². The molecule has 1 aliphatic rings. The van der Waals surface area contributed by atoms with Crippen LogP contribution in [0.4, 0.5) is 16.2 Å². The van der Waals surface area contributed by atoms with Gasteiger partial charge in [0.05, 0.1) is 11.9 Å². The number of nitrogens with zero attached hydrogens (tertiary/aromatic N) is 2. The Morgan fingerprint density at radius 3 is 2.10 bits per heavy atom. The van der Waals surface area contributed by atoms with Crippen molar-refractivity contribution in [2.24, 2.45) is 0 Å². The summed E-state index contributed by atoms with van der Waals surface area (Å²) in [7, 11) is -0.0911. The summed E-state index contributed by atoms with van der Waals surface area (Å²) in [6, 6.07) is 6.97. The second-order valence-electron chi connectivity index (χ2n) is 5.03. The summed E-state index contributed by atoms with van der Waals surface area (Å²) < 4.78 is 24.1. The van der Waals surface area contributed by atoms with Crippen molar-refractivity contribution in [1.29, 1.82) is 0 Å². The zero-order valence-corrected chi connectivity index (χ0v) is 12.6. The first-order valence-electron chi connectivity index (χ1n) is 6.37. The lowest BCUT2D eigenvalue weighted by Crippen LogP contribution is -2.38. The molecule has 20 heavy (non-hydrogen) atoms. The molecule has 0 heterocycles. The largest absolute Gasteiger partial charge is 0.335 e. The highest BCUT2D eigenvalue weighted by molar-refractivity contribution is 7.92. The van der Waals surface area contributed by atoms with E-state index in [4.69, 9.17) is 0 Å². The van der Waals surface area contributed by atoms with Crippen molar-refractivity contribution in [1.82, 2.24) is 5.32 Å². The van der Waals surface area contributed by atoms with Crippen LogP contribution in [0.1, 0.15) is 12.8 Å². The summed E-state index contributed by atoms with van der Waals surface area (Å²) in [6.45, 7) is 0. The van der Waals surface area contributed by atoms with Gasteiger partial charge >= 0.3 is 6.03 Å². The summed E-state index contributed by atoms with van der Waals surface area (Å²) in [5.41, 5.74) is 1.28. The van der Waals surface area contributed by atoms with E-state index in [1.807, 2.05) is 0 Å². The van der Waals surface area contributed by atoms with Crippen molar-refractivity contribution < 1.29 is 13.2 Å². The van der Waals surface area contributed by atoms with Crippen LogP contribution in [0.25, 0.3) is 0 Å². The molecule has 6 nitrogen and oxygen atoms in total. The molecular weight excluding hydrogens is 278 g/mol. The van der Waals surface area contributed by atoms with Crippen LogP contribution >= 0.6 is 0 Å². The Bertz CT molecular complexity index is 594. The van der Waals surface area contributed by atoms with Crippen LogP contribution < -0.4 is 14.5 Å². The molecule has 1 aliphatic carbocycles. The van der Waals surface area contributed by atoms with Crippen LogP contribution in [0.2, 0.25) is 0 Å². The van der Waals surface area contributed by atoms with Crippen LogP contribution in [-0.2, 0) is 10.0 Å². The van der Waals surface area contributed by atoms with E-state index in [1.165, 1.54) is 16.3 Å². The molecule has 0 spiro atoms. The summed E-state index contributed by atoms with van der Waals surface area (Å²) in [4.78, 5) is 13.4. The molecule has 0 radical (unpaired) electrons. The topological polar surface area (TPSA) is 69.7 Å². The number of urea groups is 1. The number of benzene rings is 1. The van der Waals surface area contributed by atoms with Gasteiger partial charge in [-0.1, -0.05) is 0 Å². The van der Waals surface area contributed by atoms with Gasteiger partial charge in [0, 0.05) is 25.8 Å². The Morgan fingerprint density at radius 1 is 1.15 bits per heavy atom. The highest BCUT2D eigenvalue weighted by Crippen LogP contribution is 2.22. The minimum atomic E-state index is -3.27. The van der Waals surface area contributed by atoms with Crippen molar-refractivity contribution >= 4 is 27.4 Å². The van der Waals surface area contributed by atoms with Gasteiger partial charge in [-0.25, -0.2) is 13.2 Å². The van der Waals surface area contributed by atoms with Crippen LogP contribution in [0, 0.1) is 0 Å². The first-order valence-corrected chi connectivity index (χ1v) is 8.22. The third-order valence-electron chi connectivity index (χ3n) is 3.31. The van der Waals surface area contributed by atoms with Crippen LogP contribution in [0.3, 0.4) is 0 Å². The van der Waals surface area contributed by atoms with Gasteiger partial charge in [-0.3, -0.25) is 9.21 Å². The molecule has 2 rings (SSSR count). The standard InChI is InChI=1S/C13H19N3O3S/c1-15(13(17)14-10-4-5-10)11-6-8-12(9-7-11)16(2)20(3,18)19/h6-10H,4-5H2,1-3H3,(H,14,17). The molecule has 0 bridgehead atoms. The lowest BCUT2D eigenvalue weighted by atomic mass is 10.2. The fourth-order valence-corrected chi connectivity index (χ4v) is 2.20. The van der Waals surface area contributed by atoms with Gasteiger partial charge in [0.2, 0.25) is 10.0 Å². The SMILES string of the molecule is CN(C(=O)NC1CC1)c1ccc(N(C)S(C)(=O)=O)cc1. The number of hydrogen-bond donors (Lipinski definition) is 1. The second kappa shape index (κ2) is 5.32. The molecule has 1 aromatic rings. The molecule has 1 aromatic carbocycles. The average molecular weight is 297 g/mol. The lowest BCUT2D eigenvalue weighted by Gasteiger charge is -2.20. The molecule has 0 aliphatic heterocycles. The van der Waals surface area contributed by atoms with E-state index in [-0.39, 0.29) is 6.03 Å². The highest BCUT2D eigenvalue weighted by Gasteiger charge is 2.25. The number of amides is 2. The first-order chi connectivity index (χ1) is 9.29. The molecule has 1 N–H and O–H groups in total. The molecule has 0 saturated heterocycles. The fraction of sp³-hybridized carbons (Fsp3) is 0.462. The van der Waals surface area contributed by atoms with Crippen molar-refractivity contribution in [3.05, 3.63) is 24.3 Å². The zero-order valence-electron chi connectivity index (χ0n) is 11.8. The Labute approximate surface area is 119 Å². The van der Waals surface area contributed by atoms with Gasteiger partial charge in [-0.05, 0) is 37.1 Å². The van der Waals surface area contributed by atoms with E-state index in [0.717, 1.165) is 19.1 Å². The van der Waals surface area contributed by atoms with Gasteiger partial charge in [-0.2, -0.15) is 0 Å². The number of nitrogens with one attached hydrogen (secondary N) is 1. The van der Waals surface area contributed by atoms with Crippen molar-refractivity contribution in [3.8, 4) is 0 Å². The maximum absolute atomic E-state index is 11.9. The third kappa shape index (κ3) is 3.41. The first kappa shape index (κ1) is 14.6. The third-order valence-corrected chi connectivity index (χ3v) is 4.51. The maximum Gasteiger partial charge on any atom is 0.321 e. The van der Waals surface area contributed by atoms with E-state index in [9.17, 15) is 13.2 Å². The molecule has 2 amide bonds. The molecule has 0 unspecified atom stereocenters. The predicted molar refractivity (Wildman–Crippen MR) is 79.6 cm³/mol. The van der Waals surface area contributed by atoms with Crippen LogP contribution in [-0.4, -0.2) is 40.8 Å². The average Bonchev–Trinajstić information content (AvgIpc) is 3.20. The highest BCUT2D eigenvalue weighted by atomic mass is 32.2. The van der Waals surface area contributed by atoms with E-state index in [2.05, 4.69) is 5.32 Å². The Hall–Kier alpha value is -1.76. The van der Waals surface area contributed by atoms with E-state index < -0.39 is 10.0 Å². The number of sulfonamides is 1. The minimum Gasteiger partial charge on any atom is -0.335 e. The van der Waals surface area contributed by atoms with Gasteiger partial charge in [0.25, 0.3) is 0 Å². The molecule has 0 atom stereocenters. The number of carbonyl (C=O) groups excluding carboxylic acids is 1. The van der Waals surface area contributed by atoms with Gasteiger partial charge in [0.15, 0.2) is 0 Å². The summed E-state index contributed by atoms with van der Waals surface area (Å²) in [5.74, 6) is 0. The molecule has 110 valence electrons. The summed E-state index contributed by atoms with van der Waals surface area (Å²) in [6.07, 6.45) is 3.23. The number of rotatable bonds is 4. The molecule has 1 fully saturated rings. The lowest BCUT2D eigenvalue weighted by molar-refractivity contribution is 0.247. The predicted octanol–water partition coefficient (Wildman–Crippen LogP) is 1.39. The summed E-state index contributed by atoms with van der Waals surface area (Å²) in [5, 5.41) is 2.89. The Kier molecular flexibility index (Phi) is 3.89. The monoisotopic (exact) mass is 297 g/mol. The van der Waals surface area contributed by atoms with Gasteiger partial charge < -0.3 is 5.32 Å². The quantitative estimate of drug-likeness (QED) is 0.913. The second-order valence-corrected chi connectivity index (χ2v) is 7.04. The Morgan fingerprint density at radius 2 is 1.65 bits per heavy atom. The fourth-order valence-electron chi connectivity index (χ4n) is 1.69. The molecule has 7 heteroatoms. The van der Waals surface area contributed by atoms with Crippen molar-refractivity contribution in [3.63, 3.8) is 0 Å². The van der Waals surface area contributed by atoms with E-state index in [1.54, 1.807) is 31.3 Å². The normalized spacial score (nSPS) is 14.8. The van der Waals surface area contributed by atoms with Crippen molar-refractivity contribution in [2.45, 2.75) is 18.9 Å². The van der Waals surface area contributed by atoms with Crippen LogP contribution in [0.5, 0.6) is 0 Å². The van der Waals surface area contributed by atoms with E-state index >= 15 is 0 Å². The minimum absolute atomic E-state index is 0.142. The van der Waals surface area contributed by atoms with Crippen molar-refractivity contribution in [2.75, 3.05) is 29.6 Å². The van der Waals surface area contributed by atoms with E-state index in [0.29, 0.717) is 17.4 Å². The number of carbonyl (C=O) groups is 1. The van der Waals surface area contributed by atoms with Crippen LogP contribution in [0.15, 0.2) is 24.3 Å². The Balaban J connectivity index is 2.09. The maximum atomic E-state index is 11.9. The molecule has 0 aromatic heterocycles. The smallest absolute Gasteiger partial charge is 0.321 e. The molecule has 1 saturated carbocycles.